The summed E-state index contributed by atoms with van der Waals surface area (Å²) in [6.07, 6.45) is 0.377. The molecule has 0 amide bonds. The highest BCUT2D eigenvalue weighted by atomic mass is 19.1. The molecular weight excluding hydrogens is 187 g/mol. The highest BCUT2D eigenvalue weighted by molar-refractivity contribution is 5.97. The second kappa shape index (κ2) is 4.00. The zero-order valence-corrected chi connectivity index (χ0v) is 7.83. The maximum absolute atomic E-state index is 13.4. The van der Waals surface area contributed by atoms with E-state index < -0.39 is 5.82 Å². The number of rotatable bonds is 3. The monoisotopic (exact) mass is 196 g/mol. The summed E-state index contributed by atoms with van der Waals surface area (Å²) in [5, 5.41) is 0. The van der Waals surface area contributed by atoms with Crippen LogP contribution in [-0.4, -0.2) is 19.2 Å². The Morgan fingerprint density at radius 1 is 1.50 bits per heavy atom. The molecule has 74 valence electrons. The van der Waals surface area contributed by atoms with E-state index in [4.69, 9.17) is 4.74 Å². The Morgan fingerprint density at radius 3 is 2.57 bits per heavy atom. The van der Waals surface area contributed by atoms with Crippen molar-refractivity contribution in [2.24, 2.45) is 0 Å². The molecule has 0 heterocycles. The van der Waals surface area contributed by atoms with Gasteiger partial charge in [0.1, 0.15) is 0 Å². The highest BCUT2D eigenvalue weighted by Gasteiger charge is 2.15. The van der Waals surface area contributed by atoms with E-state index in [-0.39, 0.29) is 22.7 Å². The fourth-order valence-corrected chi connectivity index (χ4v) is 1.14. The molecule has 0 radical (unpaired) electrons. The van der Waals surface area contributed by atoms with Crippen molar-refractivity contribution in [3.05, 3.63) is 29.1 Å². The summed E-state index contributed by atoms with van der Waals surface area (Å²) in [6.45, 7) is 1.30. The molecule has 0 saturated heterocycles. The molecule has 1 aromatic carbocycles. The Morgan fingerprint density at radius 2 is 2.14 bits per heavy atom. The molecule has 4 heteroatoms. The first-order chi connectivity index (χ1) is 6.61. The normalized spacial score (nSPS) is 9.64. The van der Waals surface area contributed by atoms with Crippen molar-refractivity contribution in [2.75, 3.05) is 7.11 Å². The zero-order chi connectivity index (χ0) is 10.7. The molecule has 0 aromatic heterocycles. The van der Waals surface area contributed by atoms with Gasteiger partial charge in [0, 0.05) is 0 Å². The van der Waals surface area contributed by atoms with E-state index >= 15 is 0 Å². The van der Waals surface area contributed by atoms with Crippen LogP contribution in [0.5, 0.6) is 5.75 Å². The van der Waals surface area contributed by atoms with E-state index in [1.165, 1.54) is 26.2 Å². The van der Waals surface area contributed by atoms with Crippen LogP contribution in [0.3, 0.4) is 0 Å². The van der Waals surface area contributed by atoms with Gasteiger partial charge in [0.05, 0.1) is 18.2 Å². The Bertz CT molecular complexity index is 385. The topological polar surface area (TPSA) is 43.4 Å². The molecule has 0 saturated carbocycles. The lowest BCUT2D eigenvalue weighted by atomic mass is 10.1. The van der Waals surface area contributed by atoms with Crippen molar-refractivity contribution in [3.63, 3.8) is 0 Å². The number of ether oxygens (including phenoxy) is 1. The van der Waals surface area contributed by atoms with Crippen molar-refractivity contribution in [1.82, 2.24) is 0 Å². The van der Waals surface area contributed by atoms with Crippen LogP contribution in [0.25, 0.3) is 0 Å². The number of hydrogen-bond acceptors (Lipinski definition) is 3. The van der Waals surface area contributed by atoms with Crippen molar-refractivity contribution < 1.29 is 18.7 Å². The smallest absolute Gasteiger partial charge is 0.176 e. The first-order valence-electron chi connectivity index (χ1n) is 3.94. The predicted octanol–water partition coefficient (Wildman–Crippen LogP) is 1.85. The molecule has 14 heavy (non-hydrogen) atoms. The summed E-state index contributed by atoms with van der Waals surface area (Å²) in [7, 11) is 1.25. The first kappa shape index (κ1) is 10.4. The number of benzene rings is 1. The molecule has 1 aromatic rings. The van der Waals surface area contributed by atoms with Crippen LogP contribution in [0, 0.1) is 5.82 Å². The van der Waals surface area contributed by atoms with Crippen LogP contribution in [0.1, 0.15) is 27.6 Å². The van der Waals surface area contributed by atoms with Crippen molar-refractivity contribution in [1.29, 1.82) is 0 Å². The first-order valence-corrected chi connectivity index (χ1v) is 3.94. The molecule has 0 N–H and O–H groups in total. The Balaban J connectivity index is 3.43. The van der Waals surface area contributed by atoms with E-state index in [1.807, 2.05) is 0 Å². The van der Waals surface area contributed by atoms with Crippen LogP contribution in [-0.2, 0) is 0 Å². The largest absolute Gasteiger partial charge is 0.493 e. The van der Waals surface area contributed by atoms with Crippen molar-refractivity contribution in [3.8, 4) is 5.75 Å². The molecule has 0 aliphatic heterocycles. The zero-order valence-electron chi connectivity index (χ0n) is 7.83. The van der Waals surface area contributed by atoms with E-state index in [2.05, 4.69) is 0 Å². The van der Waals surface area contributed by atoms with E-state index in [0.717, 1.165) is 0 Å². The second-order valence-corrected chi connectivity index (χ2v) is 2.72. The van der Waals surface area contributed by atoms with Crippen LogP contribution < -0.4 is 4.74 Å². The van der Waals surface area contributed by atoms with Gasteiger partial charge in [-0.2, -0.15) is 0 Å². The fraction of sp³-hybridized carbons (Fsp3) is 0.200. The van der Waals surface area contributed by atoms with Gasteiger partial charge in [0.25, 0.3) is 0 Å². The lowest BCUT2D eigenvalue weighted by Crippen LogP contribution is -2.02. The summed E-state index contributed by atoms with van der Waals surface area (Å²) in [6, 6.07) is 2.62. The molecule has 0 aliphatic carbocycles. The Hall–Kier alpha value is -1.71. The number of ketones is 1. The lowest BCUT2D eigenvalue weighted by Gasteiger charge is -2.07. The van der Waals surface area contributed by atoms with Gasteiger partial charge in [-0.3, -0.25) is 9.59 Å². The van der Waals surface area contributed by atoms with Crippen LogP contribution in [0.4, 0.5) is 4.39 Å². The minimum atomic E-state index is -0.796. The van der Waals surface area contributed by atoms with Crippen LogP contribution in [0.2, 0.25) is 0 Å². The Labute approximate surface area is 80.5 Å². The molecule has 0 unspecified atom stereocenters. The molecule has 0 atom stereocenters. The fourth-order valence-electron chi connectivity index (χ4n) is 1.14. The lowest BCUT2D eigenvalue weighted by molar-refractivity contribution is 0.101. The summed E-state index contributed by atoms with van der Waals surface area (Å²) in [5.74, 6) is -1.28. The Kier molecular flexibility index (Phi) is 2.96. The quantitative estimate of drug-likeness (QED) is 0.547. The molecule has 0 fully saturated rings. The maximum atomic E-state index is 13.4. The van der Waals surface area contributed by atoms with Crippen LogP contribution >= 0.6 is 0 Å². The molecule has 1 rings (SSSR count). The second-order valence-electron chi connectivity index (χ2n) is 2.72. The van der Waals surface area contributed by atoms with Gasteiger partial charge < -0.3 is 4.74 Å². The summed E-state index contributed by atoms with van der Waals surface area (Å²) in [4.78, 5) is 21.4. The average Bonchev–Trinajstić information content (AvgIpc) is 2.17. The number of Topliss-reactive ketones (excluding diaryl/α,β-unsaturated/α-hetero) is 1. The third kappa shape index (κ3) is 1.64. The molecular formula is C10H9FO3. The minimum absolute atomic E-state index is 0.119. The van der Waals surface area contributed by atoms with Gasteiger partial charge in [-0.05, 0) is 19.1 Å². The minimum Gasteiger partial charge on any atom is -0.493 e. The summed E-state index contributed by atoms with van der Waals surface area (Å²) in [5.41, 5.74) is 0.0162. The van der Waals surface area contributed by atoms with Gasteiger partial charge in [-0.15, -0.1) is 0 Å². The number of hydrogen-bond donors (Lipinski definition) is 0. The summed E-state index contributed by atoms with van der Waals surface area (Å²) >= 11 is 0. The number of methoxy groups -OCH3 is 1. The van der Waals surface area contributed by atoms with Gasteiger partial charge in [-0.1, -0.05) is 0 Å². The van der Waals surface area contributed by atoms with Crippen molar-refractivity contribution in [2.45, 2.75) is 6.92 Å². The average molecular weight is 196 g/mol. The standard InChI is InChI=1S/C10H9FO3/c1-6(13)8-4-3-7(5-12)9(11)10(8)14-2/h3-5H,1-2H3. The number of carbonyl (C=O) groups excluding carboxylic acids is 2. The third-order valence-electron chi connectivity index (χ3n) is 1.84. The van der Waals surface area contributed by atoms with Gasteiger partial charge in [0.15, 0.2) is 23.6 Å². The highest BCUT2D eigenvalue weighted by Crippen LogP contribution is 2.25. The molecule has 3 nitrogen and oxygen atoms in total. The van der Waals surface area contributed by atoms with Crippen LogP contribution in [0.15, 0.2) is 12.1 Å². The maximum Gasteiger partial charge on any atom is 0.176 e. The number of halogens is 1. The molecule has 0 bridgehead atoms. The van der Waals surface area contributed by atoms with Gasteiger partial charge >= 0.3 is 0 Å². The predicted molar refractivity (Wildman–Crippen MR) is 48.3 cm³/mol. The summed E-state index contributed by atoms with van der Waals surface area (Å²) < 4.78 is 18.1. The molecule has 0 spiro atoms. The number of aldehydes is 1. The number of carbonyl (C=O) groups is 2. The van der Waals surface area contributed by atoms with E-state index in [9.17, 15) is 14.0 Å². The van der Waals surface area contributed by atoms with E-state index in [1.54, 1.807) is 0 Å². The van der Waals surface area contributed by atoms with Gasteiger partial charge in [0.2, 0.25) is 0 Å². The van der Waals surface area contributed by atoms with Crippen molar-refractivity contribution >= 4 is 12.1 Å². The van der Waals surface area contributed by atoms with Gasteiger partial charge in [-0.25, -0.2) is 4.39 Å². The SMILES string of the molecule is COc1c(C(C)=O)ccc(C=O)c1F. The van der Waals surface area contributed by atoms with E-state index in [0.29, 0.717) is 6.29 Å². The molecule has 0 aliphatic rings. The third-order valence-corrected chi connectivity index (χ3v) is 1.84.